The molecule has 0 aliphatic carbocycles. The van der Waals surface area contributed by atoms with Crippen molar-refractivity contribution >= 4 is 22.6 Å². The fraction of sp³-hybridized carbons (Fsp3) is 0.167. The number of fused-ring (bicyclic) bond motifs is 1. The van der Waals surface area contributed by atoms with E-state index in [1.54, 1.807) is 0 Å². The highest BCUT2D eigenvalue weighted by atomic mass is 16.6. The standard InChI is InChI=1S/C12H10N2O5/c1-13-9-6-8(12(16)19-2)10(14(17)18)5-7(9)3-4-11(13)15/h3-6H,1-2H3. The lowest BCUT2D eigenvalue weighted by atomic mass is 10.1. The monoisotopic (exact) mass is 262 g/mol. The molecule has 2 aromatic rings. The van der Waals surface area contributed by atoms with E-state index in [1.807, 2.05) is 0 Å². The third kappa shape index (κ3) is 2.05. The molecule has 2 rings (SSSR count). The lowest BCUT2D eigenvalue weighted by Crippen LogP contribution is -2.16. The Bertz CT molecular complexity index is 748. The third-order valence-corrected chi connectivity index (χ3v) is 2.84. The van der Waals surface area contributed by atoms with E-state index in [9.17, 15) is 19.7 Å². The van der Waals surface area contributed by atoms with Crippen molar-refractivity contribution in [2.75, 3.05) is 7.11 Å². The normalized spacial score (nSPS) is 10.4. The number of hydrogen-bond donors (Lipinski definition) is 0. The van der Waals surface area contributed by atoms with E-state index in [4.69, 9.17) is 0 Å². The van der Waals surface area contributed by atoms with Gasteiger partial charge in [-0.1, -0.05) is 0 Å². The fourth-order valence-electron chi connectivity index (χ4n) is 1.83. The maximum atomic E-state index is 11.6. The Balaban J connectivity index is 2.88. The van der Waals surface area contributed by atoms with E-state index in [-0.39, 0.29) is 16.8 Å². The molecule has 0 unspecified atom stereocenters. The Morgan fingerprint density at radius 2 is 2.05 bits per heavy atom. The van der Waals surface area contributed by atoms with Gasteiger partial charge in [-0.15, -0.1) is 0 Å². The SMILES string of the molecule is COC(=O)c1cc2c(ccc(=O)n2C)cc1[N+](=O)[O-]. The number of aryl methyl sites for hydroxylation is 1. The van der Waals surface area contributed by atoms with Gasteiger partial charge in [0.15, 0.2) is 0 Å². The second-order valence-corrected chi connectivity index (χ2v) is 3.91. The van der Waals surface area contributed by atoms with Crippen molar-refractivity contribution in [2.24, 2.45) is 7.05 Å². The zero-order valence-corrected chi connectivity index (χ0v) is 10.2. The minimum absolute atomic E-state index is 0.179. The molecule has 0 spiro atoms. The first-order valence-corrected chi connectivity index (χ1v) is 5.32. The number of nitro benzene ring substituents is 1. The second-order valence-electron chi connectivity index (χ2n) is 3.91. The van der Waals surface area contributed by atoms with Crippen molar-refractivity contribution in [2.45, 2.75) is 0 Å². The summed E-state index contributed by atoms with van der Waals surface area (Å²) in [5.74, 6) is -0.815. The largest absolute Gasteiger partial charge is 0.465 e. The van der Waals surface area contributed by atoms with Crippen LogP contribution in [0.5, 0.6) is 0 Å². The molecule has 0 saturated carbocycles. The molecular formula is C12H10N2O5. The van der Waals surface area contributed by atoms with Crippen molar-refractivity contribution in [1.82, 2.24) is 4.57 Å². The second kappa shape index (κ2) is 4.52. The first-order valence-electron chi connectivity index (χ1n) is 5.32. The van der Waals surface area contributed by atoms with Gasteiger partial charge < -0.3 is 9.30 Å². The minimum atomic E-state index is -0.815. The predicted octanol–water partition coefficient (Wildman–Crippen LogP) is 1.23. The summed E-state index contributed by atoms with van der Waals surface area (Å²) in [4.78, 5) is 33.4. The summed E-state index contributed by atoms with van der Waals surface area (Å²) in [6.07, 6.45) is 0. The number of aromatic nitrogens is 1. The average molecular weight is 262 g/mol. The molecule has 0 saturated heterocycles. The number of esters is 1. The van der Waals surface area contributed by atoms with Gasteiger partial charge in [0.2, 0.25) is 0 Å². The Morgan fingerprint density at radius 3 is 2.63 bits per heavy atom. The van der Waals surface area contributed by atoms with Crippen LogP contribution in [-0.4, -0.2) is 22.6 Å². The van der Waals surface area contributed by atoms with E-state index >= 15 is 0 Å². The van der Waals surface area contributed by atoms with Gasteiger partial charge in [0.1, 0.15) is 5.56 Å². The zero-order valence-electron chi connectivity index (χ0n) is 10.2. The molecule has 0 bridgehead atoms. The maximum Gasteiger partial charge on any atom is 0.344 e. The van der Waals surface area contributed by atoms with Gasteiger partial charge >= 0.3 is 5.97 Å². The zero-order chi connectivity index (χ0) is 14.2. The third-order valence-electron chi connectivity index (χ3n) is 2.84. The van der Waals surface area contributed by atoms with Crippen molar-refractivity contribution < 1.29 is 14.5 Å². The summed E-state index contributed by atoms with van der Waals surface area (Å²) in [5.41, 5.74) is -0.366. The molecule has 98 valence electrons. The van der Waals surface area contributed by atoms with Crippen molar-refractivity contribution in [3.8, 4) is 0 Å². The maximum absolute atomic E-state index is 11.6. The summed E-state index contributed by atoms with van der Waals surface area (Å²) in [6, 6.07) is 5.33. The van der Waals surface area contributed by atoms with Crippen LogP contribution in [0.3, 0.4) is 0 Å². The van der Waals surface area contributed by atoms with Gasteiger partial charge in [-0.3, -0.25) is 14.9 Å². The summed E-state index contributed by atoms with van der Waals surface area (Å²) in [7, 11) is 2.66. The summed E-state index contributed by atoms with van der Waals surface area (Å²) >= 11 is 0. The predicted molar refractivity (Wildman–Crippen MR) is 67.2 cm³/mol. The average Bonchev–Trinajstić information content (AvgIpc) is 2.40. The van der Waals surface area contributed by atoms with Gasteiger partial charge in [0.05, 0.1) is 17.5 Å². The molecule has 0 fully saturated rings. The highest BCUT2D eigenvalue weighted by Gasteiger charge is 2.22. The molecule has 7 nitrogen and oxygen atoms in total. The number of pyridine rings is 1. The number of rotatable bonds is 2. The summed E-state index contributed by atoms with van der Waals surface area (Å²) in [5, 5.41) is 11.5. The van der Waals surface area contributed by atoms with Crippen LogP contribution in [0.15, 0.2) is 29.1 Å². The molecular weight excluding hydrogens is 252 g/mol. The summed E-state index contributed by atoms with van der Waals surface area (Å²) in [6.45, 7) is 0. The number of carbonyl (C=O) groups excluding carboxylic acids is 1. The van der Waals surface area contributed by atoms with E-state index in [0.29, 0.717) is 10.9 Å². The van der Waals surface area contributed by atoms with Crippen molar-refractivity contribution in [3.63, 3.8) is 0 Å². The molecule has 1 aromatic heterocycles. The molecule has 7 heteroatoms. The molecule has 1 heterocycles. The number of hydrogen-bond acceptors (Lipinski definition) is 5. The van der Waals surface area contributed by atoms with Crippen LogP contribution in [0, 0.1) is 10.1 Å². The van der Waals surface area contributed by atoms with Gasteiger partial charge in [-0.2, -0.15) is 0 Å². The van der Waals surface area contributed by atoms with Crippen molar-refractivity contribution in [3.05, 3.63) is 50.3 Å². The quantitative estimate of drug-likeness (QED) is 0.461. The van der Waals surface area contributed by atoms with Crippen LogP contribution in [0.25, 0.3) is 10.9 Å². The van der Waals surface area contributed by atoms with Crippen LogP contribution in [0.2, 0.25) is 0 Å². The molecule has 0 aliphatic rings. The lowest BCUT2D eigenvalue weighted by Gasteiger charge is -2.07. The fourth-order valence-corrected chi connectivity index (χ4v) is 1.83. The number of nitro groups is 1. The van der Waals surface area contributed by atoms with E-state index in [0.717, 1.165) is 7.11 Å². The number of methoxy groups -OCH3 is 1. The van der Waals surface area contributed by atoms with Crippen LogP contribution in [-0.2, 0) is 11.8 Å². The van der Waals surface area contributed by atoms with Crippen LogP contribution >= 0.6 is 0 Å². The Labute approximate surface area is 107 Å². The van der Waals surface area contributed by atoms with E-state index < -0.39 is 10.9 Å². The molecule has 0 aliphatic heterocycles. The number of carbonyl (C=O) groups is 1. The van der Waals surface area contributed by atoms with E-state index in [1.165, 1.54) is 35.9 Å². The van der Waals surface area contributed by atoms with E-state index in [2.05, 4.69) is 4.74 Å². The molecule has 0 N–H and O–H groups in total. The highest BCUT2D eigenvalue weighted by molar-refractivity contribution is 5.99. The van der Waals surface area contributed by atoms with Gasteiger partial charge in [-0.05, 0) is 12.1 Å². The number of benzene rings is 1. The van der Waals surface area contributed by atoms with Gasteiger partial charge in [0.25, 0.3) is 11.2 Å². The smallest absolute Gasteiger partial charge is 0.344 e. The Kier molecular flexibility index (Phi) is 3.04. The Hall–Kier alpha value is -2.70. The van der Waals surface area contributed by atoms with Crippen LogP contribution < -0.4 is 5.56 Å². The number of nitrogens with zero attached hydrogens (tertiary/aromatic N) is 2. The molecule has 19 heavy (non-hydrogen) atoms. The van der Waals surface area contributed by atoms with Gasteiger partial charge in [0, 0.05) is 24.6 Å². The summed E-state index contributed by atoms with van der Waals surface area (Å²) < 4.78 is 5.83. The van der Waals surface area contributed by atoms with Crippen molar-refractivity contribution in [1.29, 1.82) is 0 Å². The topological polar surface area (TPSA) is 91.4 Å². The highest BCUT2D eigenvalue weighted by Crippen LogP contribution is 2.25. The molecule has 0 amide bonds. The van der Waals surface area contributed by atoms with Gasteiger partial charge in [-0.25, -0.2) is 4.79 Å². The minimum Gasteiger partial charge on any atom is -0.465 e. The molecule has 0 atom stereocenters. The Morgan fingerprint density at radius 1 is 1.37 bits per heavy atom. The first kappa shape index (κ1) is 12.7. The van der Waals surface area contributed by atoms with Crippen LogP contribution in [0.1, 0.15) is 10.4 Å². The molecule has 1 aromatic carbocycles. The lowest BCUT2D eigenvalue weighted by molar-refractivity contribution is -0.385. The number of ether oxygens (including phenoxy) is 1. The van der Waals surface area contributed by atoms with Crippen LogP contribution in [0.4, 0.5) is 5.69 Å². The molecule has 0 radical (unpaired) electrons. The first-order chi connectivity index (χ1) is 8.95.